The van der Waals surface area contributed by atoms with E-state index in [1.165, 1.54) is 12.8 Å². The van der Waals surface area contributed by atoms with Crippen molar-refractivity contribution >= 4 is 5.84 Å². The first-order valence-electron chi connectivity index (χ1n) is 5.11. The van der Waals surface area contributed by atoms with Crippen LogP contribution in [0.1, 0.15) is 25.5 Å². The van der Waals surface area contributed by atoms with Crippen LogP contribution in [0.25, 0.3) is 0 Å². The summed E-state index contributed by atoms with van der Waals surface area (Å²) in [6.07, 6.45) is 4.95. The summed E-state index contributed by atoms with van der Waals surface area (Å²) in [5.41, 5.74) is 5.83. The second-order valence-corrected chi connectivity index (χ2v) is 3.96. The highest BCUT2D eigenvalue weighted by Gasteiger charge is 2.25. The summed E-state index contributed by atoms with van der Waals surface area (Å²) in [7, 11) is 0. The average molecular weight is 192 g/mol. The van der Waals surface area contributed by atoms with Gasteiger partial charge in [0.05, 0.1) is 18.1 Å². The van der Waals surface area contributed by atoms with Gasteiger partial charge in [0.25, 0.3) is 0 Å². The molecule has 2 N–H and O–H groups in total. The zero-order chi connectivity index (χ0) is 9.97. The van der Waals surface area contributed by atoms with Gasteiger partial charge in [0.15, 0.2) is 0 Å². The molecule has 0 aliphatic heterocycles. The zero-order valence-corrected chi connectivity index (χ0v) is 8.44. The molecule has 14 heavy (non-hydrogen) atoms. The van der Waals surface area contributed by atoms with Crippen molar-refractivity contribution in [2.24, 2.45) is 16.6 Å². The van der Waals surface area contributed by atoms with Crippen molar-refractivity contribution in [1.29, 1.82) is 0 Å². The minimum absolute atomic E-state index is 0.224. The lowest BCUT2D eigenvalue weighted by Gasteiger charge is -2.05. The van der Waals surface area contributed by atoms with E-state index in [-0.39, 0.29) is 6.04 Å². The molecule has 1 aliphatic carbocycles. The molecule has 1 fully saturated rings. The normalized spacial score (nSPS) is 19.6. The van der Waals surface area contributed by atoms with Crippen molar-refractivity contribution in [1.82, 2.24) is 0 Å². The minimum atomic E-state index is 0.224. The molecule has 1 atom stereocenters. The first kappa shape index (κ1) is 9.31. The SMILES string of the molecule is CC(Cc1ccco1)N=C(N)C1CC1. The van der Waals surface area contributed by atoms with Crippen LogP contribution in [0.4, 0.5) is 0 Å². The fourth-order valence-corrected chi connectivity index (χ4v) is 1.50. The molecule has 1 aromatic heterocycles. The Morgan fingerprint density at radius 2 is 2.50 bits per heavy atom. The Labute approximate surface area is 84.0 Å². The van der Waals surface area contributed by atoms with Gasteiger partial charge in [-0.1, -0.05) is 0 Å². The quantitative estimate of drug-likeness (QED) is 0.585. The molecule has 0 aromatic carbocycles. The minimum Gasteiger partial charge on any atom is -0.469 e. The van der Waals surface area contributed by atoms with Crippen LogP contribution in [-0.2, 0) is 6.42 Å². The molecular formula is C11H16N2O. The van der Waals surface area contributed by atoms with Crippen molar-refractivity contribution in [2.75, 3.05) is 0 Å². The number of hydrogen-bond acceptors (Lipinski definition) is 2. The van der Waals surface area contributed by atoms with E-state index in [1.807, 2.05) is 12.1 Å². The van der Waals surface area contributed by atoms with Gasteiger partial charge < -0.3 is 10.2 Å². The Hall–Kier alpha value is -1.25. The maximum Gasteiger partial charge on any atom is 0.105 e. The van der Waals surface area contributed by atoms with E-state index in [2.05, 4.69) is 11.9 Å². The van der Waals surface area contributed by atoms with E-state index in [1.54, 1.807) is 6.26 Å². The molecule has 0 spiro atoms. The van der Waals surface area contributed by atoms with Crippen LogP contribution in [0.2, 0.25) is 0 Å². The number of nitrogens with zero attached hydrogens (tertiary/aromatic N) is 1. The third kappa shape index (κ3) is 2.37. The molecule has 1 aliphatic rings. The maximum atomic E-state index is 5.83. The molecule has 1 saturated carbocycles. The number of rotatable bonds is 4. The Morgan fingerprint density at radius 1 is 1.71 bits per heavy atom. The lowest BCUT2D eigenvalue weighted by molar-refractivity contribution is 0.492. The summed E-state index contributed by atoms with van der Waals surface area (Å²) in [5.74, 6) is 2.36. The van der Waals surface area contributed by atoms with E-state index in [4.69, 9.17) is 10.2 Å². The zero-order valence-electron chi connectivity index (χ0n) is 8.44. The van der Waals surface area contributed by atoms with Crippen LogP contribution in [0.15, 0.2) is 27.8 Å². The van der Waals surface area contributed by atoms with Gasteiger partial charge in [0, 0.05) is 12.3 Å². The van der Waals surface area contributed by atoms with Gasteiger partial charge in [-0.2, -0.15) is 0 Å². The van der Waals surface area contributed by atoms with Crippen molar-refractivity contribution in [3.05, 3.63) is 24.2 Å². The number of amidine groups is 1. The summed E-state index contributed by atoms with van der Waals surface area (Å²) in [5, 5.41) is 0. The van der Waals surface area contributed by atoms with Crippen LogP contribution in [-0.4, -0.2) is 11.9 Å². The first-order chi connectivity index (χ1) is 6.75. The summed E-state index contributed by atoms with van der Waals surface area (Å²) < 4.78 is 5.25. The predicted molar refractivity (Wildman–Crippen MR) is 56.2 cm³/mol. The number of nitrogens with two attached hydrogens (primary N) is 1. The summed E-state index contributed by atoms with van der Waals surface area (Å²) in [6.45, 7) is 2.07. The van der Waals surface area contributed by atoms with Crippen molar-refractivity contribution in [3.8, 4) is 0 Å². The summed E-state index contributed by atoms with van der Waals surface area (Å²) in [4.78, 5) is 4.45. The maximum absolute atomic E-state index is 5.83. The second-order valence-electron chi connectivity index (χ2n) is 3.96. The topological polar surface area (TPSA) is 51.5 Å². The third-order valence-corrected chi connectivity index (χ3v) is 2.44. The Kier molecular flexibility index (Phi) is 2.57. The van der Waals surface area contributed by atoms with E-state index < -0.39 is 0 Å². The largest absolute Gasteiger partial charge is 0.469 e. The molecule has 1 unspecified atom stereocenters. The van der Waals surface area contributed by atoms with E-state index in [0.717, 1.165) is 18.0 Å². The lowest BCUT2D eigenvalue weighted by atomic mass is 10.2. The first-order valence-corrected chi connectivity index (χ1v) is 5.11. The molecule has 2 rings (SSSR count). The second kappa shape index (κ2) is 3.86. The van der Waals surface area contributed by atoms with Crippen molar-refractivity contribution in [3.63, 3.8) is 0 Å². The van der Waals surface area contributed by atoms with Crippen LogP contribution in [0.3, 0.4) is 0 Å². The molecule has 76 valence electrons. The highest BCUT2D eigenvalue weighted by Crippen LogP contribution is 2.29. The highest BCUT2D eigenvalue weighted by atomic mass is 16.3. The van der Waals surface area contributed by atoms with Gasteiger partial charge in [0.2, 0.25) is 0 Å². The molecule has 0 amide bonds. The standard InChI is InChI=1S/C11H16N2O/c1-8(7-10-3-2-6-14-10)13-11(12)9-4-5-9/h2-3,6,8-9H,4-5,7H2,1H3,(H2,12,13). The van der Waals surface area contributed by atoms with Crippen molar-refractivity contribution in [2.45, 2.75) is 32.2 Å². The molecule has 3 heteroatoms. The monoisotopic (exact) mass is 192 g/mol. The smallest absolute Gasteiger partial charge is 0.105 e. The number of hydrogen-bond donors (Lipinski definition) is 1. The van der Waals surface area contributed by atoms with Gasteiger partial charge in [-0.25, -0.2) is 0 Å². The Morgan fingerprint density at radius 3 is 3.07 bits per heavy atom. The van der Waals surface area contributed by atoms with Crippen molar-refractivity contribution < 1.29 is 4.42 Å². The fraction of sp³-hybridized carbons (Fsp3) is 0.545. The van der Waals surface area contributed by atoms with Gasteiger partial charge in [-0.3, -0.25) is 4.99 Å². The molecule has 1 heterocycles. The van der Waals surface area contributed by atoms with E-state index in [0.29, 0.717) is 5.92 Å². The van der Waals surface area contributed by atoms with Gasteiger partial charge in [-0.15, -0.1) is 0 Å². The van der Waals surface area contributed by atoms with Gasteiger partial charge in [-0.05, 0) is 31.9 Å². The van der Waals surface area contributed by atoms with Crippen LogP contribution < -0.4 is 5.73 Å². The lowest BCUT2D eigenvalue weighted by Crippen LogP contribution is -2.18. The van der Waals surface area contributed by atoms with Gasteiger partial charge in [0.1, 0.15) is 5.76 Å². The third-order valence-electron chi connectivity index (χ3n) is 2.44. The Bertz CT molecular complexity index is 312. The summed E-state index contributed by atoms with van der Waals surface area (Å²) in [6, 6.07) is 4.09. The number of aliphatic imine (C=N–C) groups is 1. The average Bonchev–Trinajstić information content (AvgIpc) is 2.87. The molecule has 0 bridgehead atoms. The van der Waals surface area contributed by atoms with Gasteiger partial charge >= 0.3 is 0 Å². The molecule has 0 radical (unpaired) electrons. The number of furan rings is 1. The molecule has 0 saturated heterocycles. The summed E-state index contributed by atoms with van der Waals surface area (Å²) >= 11 is 0. The fourth-order valence-electron chi connectivity index (χ4n) is 1.50. The van der Waals surface area contributed by atoms with Crippen LogP contribution >= 0.6 is 0 Å². The molecule has 1 aromatic rings. The molecule has 3 nitrogen and oxygen atoms in total. The van der Waals surface area contributed by atoms with Crippen LogP contribution in [0.5, 0.6) is 0 Å². The van der Waals surface area contributed by atoms with Crippen LogP contribution in [0, 0.1) is 5.92 Å². The molecular weight excluding hydrogens is 176 g/mol. The Balaban J connectivity index is 1.89. The van der Waals surface area contributed by atoms with E-state index in [9.17, 15) is 0 Å². The van der Waals surface area contributed by atoms with E-state index >= 15 is 0 Å². The highest BCUT2D eigenvalue weighted by molar-refractivity contribution is 5.85. The predicted octanol–water partition coefficient (Wildman–Crippen LogP) is 1.98.